The maximum Gasteiger partial charge on any atom is 0.193 e. The van der Waals surface area contributed by atoms with Gasteiger partial charge in [-0.3, -0.25) is 4.99 Å². The fourth-order valence-corrected chi connectivity index (χ4v) is 3.60. The zero-order valence-corrected chi connectivity index (χ0v) is 16.3. The monoisotopic (exact) mass is 367 g/mol. The minimum Gasteiger partial charge on any atom is -0.356 e. The second kappa shape index (κ2) is 8.67. The molecule has 26 heavy (non-hydrogen) atoms. The number of para-hydroxylation sites is 1. The molecule has 136 valence electrons. The van der Waals surface area contributed by atoms with Crippen molar-refractivity contribution in [1.82, 2.24) is 20.0 Å². The van der Waals surface area contributed by atoms with Crippen molar-refractivity contribution < 1.29 is 0 Å². The molecule has 3 rings (SSSR count). The number of hydrogen-bond acceptors (Lipinski definition) is 3. The highest BCUT2D eigenvalue weighted by molar-refractivity contribution is 7.10. The van der Waals surface area contributed by atoms with Gasteiger partial charge in [-0.1, -0.05) is 31.2 Å². The Morgan fingerprint density at radius 3 is 2.77 bits per heavy atom. The van der Waals surface area contributed by atoms with E-state index in [0.29, 0.717) is 5.92 Å². The van der Waals surface area contributed by atoms with Crippen molar-refractivity contribution in [3.8, 4) is 5.69 Å². The van der Waals surface area contributed by atoms with E-state index in [0.717, 1.165) is 30.3 Å². The summed E-state index contributed by atoms with van der Waals surface area (Å²) in [6.07, 6.45) is 3.97. The third-order valence-electron chi connectivity index (χ3n) is 4.25. The van der Waals surface area contributed by atoms with Crippen molar-refractivity contribution in [3.05, 3.63) is 70.7 Å². The first-order valence-corrected chi connectivity index (χ1v) is 9.59. The van der Waals surface area contributed by atoms with E-state index in [-0.39, 0.29) is 0 Å². The van der Waals surface area contributed by atoms with Crippen molar-refractivity contribution in [1.29, 1.82) is 0 Å². The van der Waals surface area contributed by atoms with Crippen molar-refractivity contribution >= 4 is 17.3 Å². The summed E-state index contributed by atoms with van der Waals surface area (Å²) in [5.41, 5.74) is 2.21. The predicted molar refractivity (Wildman–Crippen MR) is 109 cm³/mol. The van der Waals surface area contributed by atoms with Gasteiger partial charge >= 0.3 is 0 Å². The van der Waals surface area contributed by atoms with Crippen LogP contribution >= 0.6 is 11.3 Å². The number of aliphatic imine (C=N–C) groups is 1. The molecule has 0 radical (unpaired) electrons. The van der Waals surface area contributed by atoms with Crippen LogP contribution < -0.4 is 5.32 Å². The highest BCUT2D eigenvalue weighted by atomic mass is 32.1. The molecular weight excluding hydrogens is 342 g/mol. The maximum atomic E-state index is 4.46. The van der Waals surface area contributed by atoms with Crippen LogP contribution in [0.5, 0.6) is 0 Å². The van der Waals surface area contributed by atoms with Crippen molar-refractivity contribution in [2.24, 2.45) is 4.99 Å². The quantitative estimate of drug-likeness (QED) is 0.533. The minimum atomic E-state index is 0.459. The van der Waals surface area contributed by atoms with E-state index >= 15 is 0 Å². The Bertz CT molecular complexity index is 823. The molecule has 0 fully saturated rings. The molecule has 6 heteroatoms. The number of aromatic nitrogens is 2. The van der Waals surface area contributed by atoms with Gasteiger partial charge < -0.3 is 10.2 Å². The van der Waals surface area contributed by atoms with Gasteiger partial charge in [-0.25, -0.2) is 4.68 Å². The van der Waals surface area contributed by atoms with E-state index in [1.807, 2.05) is 55.3 Å². The van der Waals surface area contributed by atoms with Crippen LogP contribution in [0.25, 0.3) is 5.69 Å². The number of nitrogens with zero attached hydrogens (tertiary/aromatic N) is 4. The number of rotatable bonds is 6. The van der Waals surface area contributed by atoms with E-state index in [9.17, 15) is 0 Å². The molecule has 1 unspecified atom stereocenters. The largest absolute Gasteiger partial charge is 0.356 e. The van der Waals surface area contributed by atoms with Crippen LogP contribution in [-0.4, -0.2) is 41.3 Å². The standard InChI is InChI=1S/C20H25N5S/c1-16(19-10-7-11-26-19)12-22-20(21-2)24(3)14-17-13-23-25(15-17)18-8-5-4-6-9-18/h4-11,13,15-16H,12,14H2,1-3H3,(H,21,22). The number of benzene rings is 1. The zero-order chi connectivity index (χ0) is 18.4. The van der Waals surface area contributed by atoms with Crippen LogP contribution in [0, 0.1) is 0 Å². The molecule has 0 aliphatic carbocycles. The first-order chi connectivity index (χ1) is 12.7. The molecule has 5 nitrogen and oxygen atoms in total. The summed E-state index contributed by atoms with van der Waals surface area (Å²) >= 11 is 1.80. The lowest BCUT2D eigenvalue weighted by Crippen LogP contribution is -2.39. The summed E-state index contributed by atoms with van der Waals surface area (Å²) in [4.78, 5) is 7.92. The average molecular weight is 368 g/mol. The maximum absolute atomic E-state index is 4.46. The number of guanidine groups is 1. The molecule has 0 aliphatic rings. The molecule has 1 atom stereocenters. The summed E-state index contributed by atoms with van der Waals surface area (Å²) in [6.45, 7) is 3.84. The fourth-order valence-electron chi connectivity index (χ4n) is 2.81. The molecule has 1 aromatic carbocycles. The van der Waals surface area contributed by atoms with Gasteiger partial charge in [0.05, 0.1) is 11.9 Å². The molecule has 0 bridgehead atoms. The highest BCUT2D eigenvalue weighted by Gasteiger charge is 2.11. The van der Waals surface area contributed by atoms with Gasteiger partial charge in [-0.15, -0.1) is 11.3 Å². The van der Waals surface area contributed by atoms with E-state index in [1.54, 1.807) is 11.3 Å². The summed E-state index contributed by atoms with van der Waals surface area (Å²) in [7, 11) is 3.87. The van der Waals surface area contributed by atoms with Gasteiger partial charge in [0.1, 0.15) is 0 Å². The number of nitrogens with one attached hydrogen (secondary N) is 1. The molecule has 0 spiro atoms. The Morgan fingerprint density at radius 2 is 2.08 bits per heavy atom. The zero-order valence-electron chi connectivity index (χ0n) is 15.5. The normalized spacial score (nSPS) is 12.8. The van der Waals surface area contributed by atoms with Gasteiger partial charge in [-0.05, 0) is 23.6 Å². The van der Waals surface area contributed by atoms with Crippen LogP contribution in [-0.2, 0) is 6.54 Å². The van der Waals surface area contributed by atoms with Crippen LogP contribution in [0.1, 0.15) is 23.3 Å². The topological polar surface area (TPSA) is 45.5 Å². The molecule has 0 saturated carbocycles. The van der Waals surface area contributed by atoms with Gasteiger partial charge in [0.2, 0.25) is 0 Å². The Hall–Kier alpha value is -2.60. The van der Waals surface area contributed by atoms with E-state index < -0.39 is 0 Å². The second-order valence-electron chi connectivity index (χ2n) is 6.33. The third-order valence-corrected chi connectivity index (χ3v) is 5.35. The SMILES string of the molecule is CN=C(NCC(C)c1cccs1)N(C)Cc1cnn(-c2ccccc2)c1. The lowest BCUT2D eigenvalue weighted by molar-refractivity contribution is 0.474. The summed E-state index contributed by atoms with van der Waals surface area (Å²) in [5.74, 6) is 1.35. The van der Waals surface area contributed by atoms with Crippen LogP contribution in [0.2, 0.25) is 0 Å². The van der Waals surface area contributed by atoms with E-state index in [2.05, 4.69) is 50.9 Å². The Labute approximate surface area is 159 Å². The molecule has 0 saturated heterocycles. The van der Waals surface area contributed by atoms with Crippen molar-refractivity contribution in [2.45, 2.75) is 19.4 Å². The van der Waals surface area contributed by atoms with Gasteiger partial charge in [0, 0.05) is 49.7 Å². The first-order valence-electron chi connectivity index (χ1n) is 8.71. The lowest BCUT2D eigenvalue weighted by Gasteiger charge is -2.23. The van der Waals surface area contributed by atoms with Gasteiger partial charge in [0.25, 0.3) is 0 Å². The van der Waals surface area contributed by atoms with Gasteiger partial charge in [0.15, 0.2) is 5.96 Å². The predicted octanol–water partition coefficient (Wildman–Crippen LogP) is 3.74. The Morgan fingerprint density at radius 1 is 1.27 bits per heavy atom. The molecular formula is C20H25N5S. The summed E-state index contributed by atoms with van der Waals surface area (Å²) in [5, 5.41) is 10.1. The molecule has 3 aromatic rings. The van der Waals surface area contributed by atoms with Crippen LogP contribution in [0.15, 0.2) is 65.2 Å². The molecule has 0 amide bonds. The Balaban J connectivity index is 1.57. The third kappa shape index (κ3) is 4.52. The second-order valence-corrected chi connectivity index (χ2v) is 7.31. The lowest BCUT2D eigenvalue weighted by atomic mass is 10.1. The van der Waals surface area contributed by atoms with Gasteiger partial charge in [-0.2, -0.15) is 5.10 Å². The summed E-state index contributed by atoms with van der Waals surface area (Å²) in [6, 6.07) is 14.4. The molecule has 2 aromatic heterocycles. The van der Waals surface area contributed by atoms with E-state index in [4.69, 9.17) is 0 Å². The molecule has 2 heterocycles. The molecule has 0 aliphatic heterocycles. The summed E-state index contributed by atoms with van der Waals surface area (Å²) < 4.78 is 1.90. The van der Waals surface area contributed by atoms with Crippen molar-refractivity contribution in [2.75, 3.05) is 20.6 Å². The van der Waals surface area contributed by atoms with E-state index in [1.165, 1.54) is 4.88 Å². The smallest absolute Gasteiger partial charge is 0.193 e. The fraction of sp³-hybridized carbons (Fsp3) is 0.300. The number of hydrogen-bond donors (Lipinski definition) is 1. The Kier molecular flexibility index (Phi) is 6.07. The highest BCUT2D eigenvalue weighted by Crippen LogP contribution is 2.19. The number of thiophene rings is 1. The first kappa shape index (κ1) is 18.2. The minimum absolute atomic E-state index is 0.459. The van der Waals surface area contributed by atoms with Crippen LogP contribution in [0.3, 0.4) is 0 Å². The van der Waals surface area contributed by atoms with Crippen LogP contribution in [0.4, 0.5) is 0 Å². The average Bonchev–Trinajstić information content (AvgIpc) is 3.35. The molecule has 1 N–H and O–H groups in total. The van der Waals surface area contributed by atoms with Crippen molar-refractivity contribution in [3.63, 3.8) is 0 Å².